The van der Waals surface area contributed by atoms with Crippen LogP contribution in [0.1, 0.15) is 18.0 Å². The maximum atomic E-state index is 11.5. The lowest BCUT2D eigenvalue weighted by Crippen LogP contribution is -2.32. The molecule has 1 spiro atoms. The molecule has 1 saturated carbocycles. The van der Waals surface area contributed by atoms with Gasteiger partial charge in [0.15, 0.2) is 0 Å². The molecule has 4 heterocycles. The van der Waals surface area contributed by atoms with Gasteiger partial charge in [-0.25, -0.2) is 9.97 Å². The molecule has 3 aromatic rings. The third-order valence-electron chi connectivity index (χ3n) is 5.47. The molecule has 3 aromatic heterocycles. The van der Waals surface area contributed by atoms with E-state index < -0.39 is 0 Å². The van der Waals surface area contributed by atoms with Crippen molar-refractivity contribution in [2.45, 2.75) is 12.3 Å². The molecular formula is C17H18N6O2. The van der Waals surface area contributed by atoms with E-state index in [0.717, 1.165) is 55.0 Å². The molecule has 1 aliphatic heterocycles. The maximum absolute atomic E-state index is 11.5. The molecule has 8 nitrogen and oxygen atoms in total. The van der Waals surface area contributed by atoms with E-state index in [1.54, 1.807) is 12.6 Å². The molecular weight excluding hydrogens is 320 g/mol. The Labute approximate surface area is 143 Å². The maximum Gasteiger partial charge on any atom is 0.209 e. The number of carbonyl (C=O) groups is 1. The third-order valence-corrected chi connectivity index (χ3v) is 5.47. The fourth-order valence-corrected chi connectivity index (χ4v) is 4.14. The Morgan fingerprint density at radius 2 is 2.24 bits per heavy atom. The normalized spacial score (nSPS) is 26.2. The Kier molecular flexibility index (Phi) is 3.06. The topological polar surface area (TPSA) is 91.2 Å². The van der Waals surface area contributed by atoms with E-state index >= 15 is 0 Å². The van der Waals surface area contributed by atoms with Crippen molar-refractivity contribution < 1.29 is 9.32 Å². The number of amides is 1. The summed E-state index contributed by atoms with van der Waals surface area (Å²) in [4.78, 5) is 27.6. The van der Waals surface area contributed by atoms with Gasteiger partial charge in [0.05, 0.1) is 11.1 Å². The summed E-state index contributed by atoms with van der Waals surface area (Å²) in [6.07, 6.45) is 7.03. The first kappa shape index (κ1) is 14.4. The predicted octanol–water partition coefficient (Wildman–Crippen LogP) is 1.40. The summed E-state index contributed by atoms with van der Waals surface area (Å²) >= 11 is 0. The average Bonchev–Trinajstić information content (AvgIpc) is 3.01. The van der Waals surface area contributed by atoms with Gasteiger partial charge in [-0.2, -0.15) is 0 Å². The van der Waals surface area contributed by atoms with Gasteiger partial charge in [0.2, 0.25) is 6.41 Å². The zero-order valence-corrected chi connectivity index (χ0v) is 13.6. The van der Waals surface area contributed by atoms with Crippen LogP contribution in [0.3, 0.4) is 0 Å². The highest BCUT2D eigenvalue weighted by Gasteiger charge is 2.58. The first-order chi connectivity index (χ1) is 12.3. The molecule has 25 heavy (non-hydrogen) atoms. The lowest BCUT2D eigenvalue weighted by Gasteiger charge is -2.25. The van der Waals surface area contributed by atoms with Gasteiger partial charge in [0.25, 0.3) is 0 Å². The van der Waals surface area contributed by atoms with Crippen LogP contribution in [0.4, 0.5) is 5.82 Å². The highest BCUT2D eigenvalue weighted by atomic mass is 16.5. The second-order valence-electron chi connectivity index (χ2n) is 6.98. The zero-order chi connectivity index (χ0) is 16.9. The molecule has 2 atom stereocenters. The Morgan fingerprint density at radius 1 is 1.28 bits per heavy atom. The van der Waals surface area contributed by atoms with Gasteiger partial charge in [-0.3, -0.25) is 4.79 Å². The second-order valence-corrected chi connectivity index (χ2v) is 6.98. The highest BCUT2D eigenvalue weighted by molar-refractivity contribution is 5.87. The lowest BCUT2D eigenvalue weighted by atomic mass is 10.0. The molecule has 1 aliphatic carbocycles. The number of rotatable bonds is 3. The minimum Gasteiger partial charge on any atom is -0.365 e. The molecule has 2 unspecified atom stereocenters. The van der Waals surface area contributed by atoms with Crippen molar-refractivity contribution in [2.75, 3.05) is 31.1 Å². The van der Waals surface area contributed by atoms with Crippen molar-refractivity contribution in [3.05, 3.63) is 36.6 Å². The molecule has 2 fully saturated rings. The van der Waals surface area contributed by atoms with Crippen LogP contribution in [-0.2, 0) is 4.79 Å². The first-order valence-electron chi connectivity index (χ1n) is 8.42. The molecule has 1 amide bonds. The SMILES string of the molecule is O=CN1CCN(c2ncnc3[nH]ccc23)CC2(CC2c2ccon2)C1. The van der Waals surface area contributed by atoms with Gasteiger partial charge in [0.1, 0.15) is 24.1 Å². The van der Waals surface area contributed by atoms with Crippen LogP contribution in [0.2, 0.25) is 0 Å². The van der Waals surface area contributed by atoms with Crippen LogP contribution in [-0.4, -0.2) is 57.6 Å². The smallest absolute Gasteiger partial charge is 0.209 e. The van der Waals surface area contributed by atoms with Crippen LogP contribution in [0.25, 0.3) is 11.0 Å². The van der Waals surface area contributed by atoms with Crippen molar-refractivity contribution in [3.63, 3.8) is 0 Å². The van der Waals surface area contributed by atoms with E-state index in [9.17, 15) is 4.79 Å². The third kappa shape index (κ3) is 2.28. The monoisotopic (exact) mass is 338 g/mol. The Hall–Kier alpha value is -2.90. The van der Waals surface area contributed by atoms with E-state index in [4.69, 9.17) is 4.52 Å². The number of anilines is 1. The number of carbonyl (C=O) groups excluding carboxylic acids is 1. The summed E-state index contributed by atoms with van der Waals surface area (Å²) in [7, 11) is 0. The summed E-state index contributed by atoms with van der Waals surface area (Å²) in [5.74, 6) is 1.24. The number of hydrogen-bond donors (Lipinski definition) is 1. The Bertz CT molecular complexity index is 907. The van der Waals surface area contributed by atoms with Gasteiger partial charge in [-0.1, -0.05) is 5.16 Å². The highest BCUT2D eigenvalue weighted by Crippen LogP contribution is 2.60. The summed E-state index contributed by atoms with van der Waals surface area (Å²) in [6, 6.07) is 3.93. The average molecular weight is 338 g/mol. The molecule has 1 saturated heterocycles. The van der Waals surface area contributed by atoms with Crippen LogP contribution in [0.5, 0.6) is 0 Å². The standard InChI is InChI=1S/C17H18N6O2/c24-11-22-4-5-23(16-12-1-3-18-15(12)19-10-20-16)9-17(8-22)7-13(17)14-2-6-25-21-14/h1-3,6,10-11,13H,4-5,7-9H2,(H,18,19,20). The van der Waals surface area contributed by atoms with Crippen LogP contribution < -0.4 is 4.90 Å². The van der Waals surface area contributed by atoms with Crippen molar-refractivity contribution >= 4 is 23.3 Å². The quantitative estimate of drug-likeness (QED) is 0.726. The molecule has 5 rings (SSSR count). The number of aromatic nitrogens is 4. The number of nitrogens with zero attached hydrogens (tertiary/aromatic N) is 5. The van der Waals surface area contributed by atoms with E-state index in [1.165, 1.54) is 0 Å². The van der Waals surface area contributed by atoms with Crippen LogP contribution >= 0.6 is 0 Å². The van der Waals surface area contributed by atoms with E-state index in [1.807, 2.05) is 23.2 Å². The summed E-state index contributed by atoms with van der Waals surface area (Å²) in [6.45, 7) is 3.02. The van der Waals surface area contributed by atoms with Gasteiger partial charge < -0.3 is 19.3 Å². The van der Waals surface area contributed by atoms with E-state index in [-0.39, 0.29) is 5.41 Å². The minimum atomic E-state index is 0.00185. The van der Waals surface area contributed by atoms with Crippen LogP contribution in [0, 0.1) is 5.41 Å². The van der Waals surface area contributed by atoms with Crippen LogP contribution in [0.15, 0.2) is 35.4 Å². The Balaban J connectivity index is 1.51. The van der Waals surface area contributed by atoms with E-state index in [2.05, 4.69) is 25.0 Å². The number of fused-ring (bicyclic) bond motifs is 1. The minimum absolute atomic E-state index is 0.00185. The largest absolute Gasteiger partial charge is 0.365 e. The number of aromatic amines is 1. The fraction of sp³-hybridized carbons (Fsp3) is 0.412. The van der Waals surface area contributed by atoms with Gasteiger partial charge >= 0.3 is 0 Å². The second kappa shape index (κ2) is 5.30. The fourth-order valence-electron chi connectivity index (χ4n) is 4.14. The first-order valence-corrected chi connectivity index (χ1v) is 8.42. The summed E-state index contributed by atoms with van der Waals surface area (Å²) < 4.78 is 5.02. The number of hydrogen-bond acceptors (Lipinski definition) is 6. The summed E-state index contributed by atoms with van der Waals surface area (Å²) in [5.41, 5.74) is 1.81. The molecule has 2 aliphatic rings. The number of H-pyrrole nitrogens is 1. The molecule has 0 radical (unpaired) electrons. The summed E-state index contributed by atoms with van der Waals surface area (Å²) in [5, 5.41) is 5.13. The van der Waals surface area contributed by atoms with Crippen molar-refractivity contribution in [1.82, 2.24) is 25.0 Å². The molecule has 1 N–H and O–H groups in total. The Morgan fingerprint density at radius 3 is 3.08 bits per heavy atom. The lowest BCUT2D eigenvalue weighted by molar-refractivity contribution is -0.118. The van der Waals surface area contributed by atoms with Crippen molar-refractivity contribution in [1.29, 1.82) is 0 Å². The van der Waals surface area contributed by atoms with Gasteiger partial charge in [0, 0.05) is 49.8 Å². The van der Waals surface area contributed by atoms with Crippen molar-refractivity contribution in [3.8, 4) is 0 Å². The molecule has 8 heteroatoms. The molecule has 0 aromatic carbocycles. The molecule has 0 bridgehead atoms. The predicted molar refractivity (Wildman–Crippen MR) is 90.0 cm³/mol. The number of nitrogens with one attached hydrogen (secondary N) is 1. The van der Waals surface area contributed by atoms with E-state index in [0.29, 0.717) is 12.5 Å². The van der Waals surface area contributed by atoms with Crippen molar-refractivity contribution in [2.24, 2.45) is 5.41 Å². The van der Waals surface area contributed by atoms with Gasteiger partial charge in [-0.05, 0) is 12.5 Å². The van der Waals surface area contributed by atoms with Gasteiger partial charge in [-0.15, -0.1) is 0 Å². The molecule has 128 valence electrons. The zero-order valence-electron chi connectivity index (χ0n) is 13.6.